The molecule has 21 heavy (non-hydrogen) atoms. The van der Waals surface area contributed by atoms with Crippen molar-refractivity contribution in [3.63, 3.8) is 0 Å². The van der Waals surface area contributed by atoms with E-state index in [4.69, 9.17) is 11.6 Å². The molecule has 1 saturated carbocycles. The lowest BCUT2D eigenvalue weighted by molar-refractivity contribution is -0.0300. The molecule has 3 rings (SSSR count). The van der Waals surface area contributed by atoms with E-state index >= 15 is 0 Å². The summed E-state index contributed by atoms with van der Waals surface area (Å²) in [7, 11) is 0. The fourth-order valence-electron chi connectivity index (χ4n) is 2.42. The fourth-order valence-corrected chi connectivity index (χ4v) is 2.61. The first-order valence-corrected chi connectivity index (χ1v) is 7.25. The summed E-state index contributed by atoms with van der Waals surface area (Å²) in [5, 5.41) is 20.1. The number of benzene rings is 1. The average Bonchev–Trinajstić information content (AvgIpc) is 2.92. The van der Waals surface area contributed by atoms with Crippen LogP contribution >= 0.6 is 11.6 Å². The van der Waals surface area contributed by atoms with E-state index in [1.54, 1.807) is 12.1 Å². The van der Waals surface area contributed by atoms with Crippen LogP contribution in [-0.4, -0.2) is 33.4 Å². The summed E-state index contributed by atoms with van der Waals surface area (Å²) < 4.78 is 0. The molecular formula is C15H16ClN3O2. The quantitative estimate of drug-likeness (QED) is 0.811. The van der Waals surface area contributed by atoms with Gasteiger partial charge in [-0.2, -0.15) is 5.10 Å². The molecule has 1 aliphatic rings. The number of hydrogen-bond acceptors (Lipinski definition) is 3. The average molecular weight is 306 g/mol. The maximum Gasteiger partial charge on any atom is 0.255 e. The zero-order valence-corrected chi connectivity index (χ0v) is 12.2. The van der Waals surface area contributed by atoms with E-state index in [0.29, 0.717) is 16.3 Å². The van der Waals surface area contributed by atoms with E-state index in [0.717, 1.165) is 24.8 Å². The van der Waals surface area contributed by atoms with Crippen molar-refractivity contribution >= 4 is 17.5 Å². The van der Waals surface area contributed by atoms with Gasteiger partial charge >= 0.3 is 0 Å². The van der Waals surface area contributed by atoms with Crippen molar-refractivity contribution in [1.29, 1.82) is 0 Å². The first-order chi connectivity index (χ1) is 10.1. The molecule has 1 aromatic carbocycles. The van der Waals surface area contributed by atoms with Crippen LogP contribution in [0.5, 0.6) is 0 Å². The maximum absolute atomic E-state index is 12.3. The molecule has 1 fully saturated rings. The van der Waals surface area contributed by atoms with Gasteiger partial charge in [-0.25, -0.2) is 0 Å². The second kappa shape index (κ2) is 5.50. The van der Waals surface area contributed by atoms with Crippen LogP contribution in [0.15, 0.2) is 30.5 Å². The molecule has 5 nitrogen and oxygen atoms in total. The number of aromatic amines is 1. The van der Waals surface area contributed by atoms with Crippen molar-refractivity contribution in [2.24, 2.45) is 0 Å². The van der Waals surface area contributed by atoms with Crippen LogP contribution in [0, 0.1) is 0 Å². The Labute approximate surface area is 127 Å². The van der Waals surface area contributed by atoms with E-state index < -0.39 is 5.60 Å². The maximum atomic E-state index is 12.3. The summed E-state index contributed by atoms with van der Waals surface area (Å²) in [4.78, 5) is 12.3. The van der Waals surface area contributed by atoms with E-state index in [1.807, 2.05) is 12.1 Å². The highest BCUT2D eigenvalue weighted by molar-refractivity contribution is 6.30. The van der Waals surface area contributed by atoms with Crippen molar-refractivity contribution in [2.75, 3.05) is 6.54 Å². The molecule has 0 atom stereocenters. The third kappa shape index (κ3) is 2.94. The number of carbonyl (C=O) groups is 1. The van der Waals surface area contributed by atoms with Crippen molar-refractivity contribution < 1.29 is 9.90 Å². The molecule has 6 heteroatoms. The van der Waals surface area contributed by atoms with E-state index in [2.05, 4.69) is 15.5 Å². The fraction of sp³-hybridized carbons (Fsp3) is 0.333. The Hall–Kier alpha value is -1.85. The number of nitrogens with zero attached hydrogens (tertiary/aromatic N) is 1. The van der Waals surface area contributed by atoms with Gasteiger partial charge in [-0.3, -0.25) is 9.89 Å². The minimum atomic E-state index is -0.740. The molecule has 2 aromatic rings. The lowest BCUT2D eigenvalue weighted by Gasteiger charge is -2.36. The van der Waals surface area contributed by atoms with E-state index in [9.17, 15) is 9.90 Å². The molecule has 0 unspecified atom stereocenters. The zero-order chi connectivity index (χ0) is 14.9. The molecule has 0 spiro atoms. The number of carbonyl (C=O) groups excluding carboxylic acids is 1. The molecule has 1 amide bonds. The van der Waals surface area contributed by atoms with Gasteiger partial charge in [-0.15, -0.1) is 0 Å². The van der Waals surface area contributed by atoms with Crippen LogP contribution in [0.1, 0.15) is 29.6 Å². The molecule has 0 radical (unpaired) electrons. The lowest BCUT2D eigenvalue weighted by atomic mass is 9.80. The Bertz CT molecular complexity index is 664. The smallest absolute Gasteiger partial charge is 0.255 e. The third-order valence-electron chi connectivity index (χ3n) is 3.86. The monoisotopic (exact) mass is 305 g/mol. The SMILES string of the molecule is O=C(NCC1(O)CCC1)c1cn[nH]c1-c1cccc(Cl)c1. The van der Waals surface area contributed by atoms with Crippen LogP contribution < -0.4 is 5.32 Å². The molecule has 110 valence electrons. The second-order valence-corrected chi connectivity index (χ2v) is 5.87. The van der Waals surface area contributed by atoms with Crippen molar-refractivity contribution in [3.05, 3.63) is 41.0 Å². The van der Waals surface area contributed by atoms with Crippen molar-refractivity contribution in [1.82, 2.24) is 15.5 Å². The Morgan fingerprint density at radius 1 is 1.48 bits per heavy atom. The van der Waals surface area contributed by atoms with Crippen molar-refractivity contribution in [2.45, 2.75) is 24.9 Å². The Morgan fingerprint density at radius 3 is 2.95 bits per heavy atom. The summed E-state index contributed by atoms with van der Waals surface area (Å²) in [5.41, 5.74) is 1.12. The van der Waals surface area contributed by atoms with E-state index in [-0.39, 0.29) is 12.5 Å². The van der Waals surface area contributed by atoms with Crippen LogP contribution in [0.2, 0.25) is 5.02 Å². The molecule has 1 aliphatic carbocycles. The number of rotatable bonds is 4. The number of aliphatic hydroxyl groups is 1. The van der Waals surface area contributed by atoms with Gasteiger partial charge in [0.25, 0.3) is 5.91 Å². The van der Waals surface area contributed by atoms with Gasteiger partial charge < -0.3 is 10.4 Å². The Morgan fingerprint density at radius 2 is 2.29 bits per heavy atom. The Balaban J connectivity index is 1.77. The first-order valence-electron chi connectivity index (χ1n) is 6.87. The first kappa shape index (κ1) is 14.1. The molecular weight excluding hydrogens is 290 g/mol. The summed E-state index contributed by atoms with van der Waals surface area (Å²) >= 11 is 5.97. The van der Waals surface area contributed by atoms with Crippen molar-refractivity contribution in [3.8, 4) is 11.3 Å². The topological polar surface area (TPSA) is 78.0 Å². The molecule has 0 bridgehead atoms. The van der Waals surface area contributed by atoms with Gasteiger partial charge in [0.2, 0.25) is 0 Å². The van der Waals surface area contributed by atoms with Gasteiger partial charge in [0.1, 0.15) is 0 Å². The standard InChI is InChI=1S/C15H16ClN3O2/c16-11-4-1-3-10(7-11)13-12(8-18-19-13)14(20)17-9-15(21)5-2-6-15/h1,3-4,7-8,21H,2,5-6,9H2,(H,17,20)(H,18,19). The molecule has 0 aliphatic heterocycles. The van der Waals surface area contributed by atoms with E-state index in [1.165, 1.54) is 6.20 Å². The largest absolute Gasteiger partial charge is 0.388 e. The van der Waals surface area contributed by atoms with Gasteiger partial charge in [-0.05, 0) is 31.4 Å². The summed E-state index contributed by atoms with van der Waals surface area (Å²) in [6.45, 7) is 0.270. The predicted molar refractivity (Wildman–Crippen MR) is 80.2 cm³/mol. The zero-order valence-electron chi connectivity index (χ0n) is 11.4. The summed E-state index contributed by atoms with van der Waals surface area (Å²) in [5.74, 6) is -0.251. The van der Waals surface area contributed by atoms with Gasteiger partial charge in [0, 0.05) is 17.1 Å². The molecule has 3 N–H and O–H groups in total. The summed E-state index contributed by atoms with van der Waals surface area (Å²) in [6, 6.07) is 7.21. The normalized spacial score (nSPS) is 16.3. The number of H-pyrrole nitrogens is 1. The van der Waals surface area contributed by atoms with Gasteiger partial charge in [0.15, 0.2) is 0 Å². The van der Waals surface area contributed by atoms with Crippen LogP contribution in [-0.2, 0) is 0 Å². The van der Waals surface area contributed by atoms with Crippen LogP contribution in [0.4, 0.5) is 0 Å². The highest BCUT2D eigenvalue weighted by Crippen LogP contribution is 2.31. The number of hydrogen-bond donors (Lipinski definition) is 3. The lowest BCUT2D eigenvalue weighted by Crippen LogP contribution is -2.47. The summed E-state index contributed by atoms with van der Waals surface area (Å²) in [6.07, 6.45) is 3.96. The predicted octanol–water partition coefficient (Wildman–Crippen LogP) is 2.37. The number of aromatic nitrogens is 2. The Kier molecular flexibility index (Phi) is 3.69. The van der Waals surface area contributed by atoms with Crippen LogP contribution in [0.25, 0.3) is 11.3 Å². The minimum Gasteiger partial charge on any atom is -0.388 e. The number of halogens is 1. The van der Waals surface area contributed by atoms with Crippen LogP contribution in [0.3, 0.4) is 0 Å². The second-order valence-electron chi connectivity index (χ2n) is 5.43. The molecule has 1 aromatic heterocycles. The molecule has 0 saturated heterocycles. The third-order valence-corrected chi connectivity index (χ3v) is 4.09. The highest BCUT2D eigenvalue weighted by Gasteiger charge is 2.34. The minimum absolute atomic E-state index is 0.251. The molecule has 1 heterocycles. The van der Waals surface area contributed by atoms with Gasteiger partial charge in [-0.1, -0.05) is 23.7 Å². The highest BCUT2D eigenvalue weighted by atomic mass is 35.5. The number of nitrogens with one attached hydrogen (secondary N) is 2. The van der Waals surface area contributed by atoms with Gasteiger partial charge in [0.05, 0.1) is 23.1 Å². The number of amides is 1.